The first kappa shape index (κ1) is 20.7. The van der Waals surface area contributed by atoms with E-state index in [0.717, 1.165) is 23.4 Å². The van der Waals surface area contributed by atoms with Crippen molar-refractivity contribution in [2.45, 2.75) is 26.2 Å². The van der Waals surface area contributed by atoms with Gasteiger partial charge >= 0.3 is 12.0 Å². The molecule has 6 nitrogen and oxygen atoms in total. The van der Waals surface area contributed by atoms with Gasteiger partial charge in [0.05, 0.1) is 19.1 Å². The second-order valence-corrected chi connectivity index (χ2v) is 7.35. The van der Waals surface area contributed by atoms with Crippen LogP contribution < -0.4 is 10.1 Å². The Kier molecular flexibility index (Phi) is 6.75. The number of carbonyl (C=O) groups excluding carboxylic acids is 2. The molecule has 1 atom stereocenters. The van der Waals surface area contributed by atoms with Crippen LogP contribution in [0.3, 0.4) is 0 Å². The molecule has 2 aromatic rings. The van der Waals surface area contributed by atoms with Crippen molar-refractivity contribution in [3.63, 3.8) is 0 Å². The maximum atomic E-state index is 13.0. The molecule has 1 fully saturated rings. The van der Waals surface area contributed by atoms with Gasteiger partial charge in [-0.15, -0.1) is 0 Å². The minimum atomic E-state index is -0.769. The summed E-state index contributed by atoms with van der Waals surface area (Å²) in [4.78, 5) is 27.5. The molecule has 29 heavy (non-hydrogen) atoms. The molecule has 0 radical (unpaired) electrons. The van der Waals surface area contributed by atoms with Gasteiger partial charge < -0.3 is 19.7 Å². The number of nitrogens with zero attached hydrogens (tertiary/aromatic N) is 1. The molecule has 0 spiro atoms. The average molecular weight is 396 g/mol. The molecule has 1 aliphatic heterocycles. The monoisotopic (exact) mass is 396 g/mol. The number of piperidine rings is 1. The van der Waals surface area contributed by atoms with E-state index in [0.29, 0.717) is 32.5 Å². The van der Waals surface area contributed by atoms with Crippen LogP contribution in [-0.4, -0.2) is 43.7 Å². The van der Waals surface area contributed by atoms with Crippen molar-refractivity contribution in [1.82, 2.24) is 4.90 Å². The van der Waals surface area contributed by atoms with Crippen LogP contribution in [0, 0.1) is 5.41 Å². The van der Waals surface area contributed by atoms with Crippen molar-refractivity contribution in [1.29, 1.82) is 0 Å². The quantitative estimate of drug-likeness (QED) is 0.746. The van der Waals surface area contributed by atoms with Crippen molar-refractivity contribution in [3.05, 3.63) is 60.2 Å². The molecule has 0 bridgehead atoms. The van der Waals surface area contributed by atoms with E-state index in [4.69, 9.17) is 9.47 Å². The number of benzene rings is 2. The van der Waals surface area contributed by atoms with Crippen molar-refractivity contribution < 1.29 is 19.1 Å². The standard InChI is InChI=1S/C23H28N2O4/c1-3-29-21(26)23(16-18-9-7-12-20(15-18)28-2)13-8-14-25(17-23)22(27)24-19-10-5-4-6-11-19/h4-7,9-12,15H,3,8,13-14,16-17H2,1-2H3,(H,24,27)/t23-/m1/s1. The molecule has 0 aromatic heterocycles. The summed E-state index contributed by atoms with van der Waals surface area (Å²) in [7, 11) is 1.62. The van der Waals surface area contributed by atoms with E-state index >= 15 is 0 Å². The molecule has 1 N–H and O–H groups in total. The molecular formula is C23H28N2O4. The van der Waals surface area contributed by atoms with Crippen LogP contribution >= 0.6 is 0 Å². The van der Waals surface area contributed by atoms with Gasteiger partial charge in [-0.25, -0.2) is 4.79 Å². The van der Waals surface area contributed by atoms with Gasteiger partial charge in [0.1, 0.15) is 5.75 Å². The Hall–Kier alpha value is -3.02. The fourth-order valence-electron chi connectivity index (χ4n) is 3.87. The maximum absolute atomic E-state index is 13.0. The number of para-hydroxylation sites is 1. The van der Waals surface area contributed by atoms with Crippen LogP contribution in [0.1, 0.15) is 25.3 Å². The first-order valence-electron chi connectivity index (χ1n) is 9.97. The van der Waals surface area contributed by atoms with Gasteiger partial charge in [-0.1, -0.05) is 30.3 Å². The van der Waals surface area contributed by atoms with E-state index in [-0.39, 0.29) is 12.0 Å². The van der Waals surface area contributed by atoms with Crippen LogP contribution in [0.25, 0.3) is 0 Å². The lowest BCUT2D eigenvalue weighted by Gasteiger charge is -2.41. The number of urea groups is 1. The average Bonchev–Trinajstić information content (AvgIpc) is 2.75. The normalized spacial score (nSPS) is 18.8. The molecule has 0 unspecified atom stereocenters. The Labute approximate surface area is 171 Å². The molecule has 2 amide bonds. The minimum absolute atomic E-state index is 0.199. The van der Waals surface area contributed by atoms with Crippen LogP contribution in [0.2, 0.25) is 0 Å². The maximum Gasteiger partial charge on any atom is 0.321 e. The third kappa shape index (κ3) is 5.08. The number of nitrogens with one attached hydrogen (secondary N) is 1. The van der Waals surface area contributed by atoms with Gasteiger partial charge in [0.15, 0.2) is 0 Å². The highest BCUT2D eigenvalue weighted by Gasteiger charge is 2.44. The molecule has 1 aliphatic rings. The highest BCUT2D eigenvalue weighted by atomic mass is 16.5. The zero-order valence-corrected chi connectivity index (χ0v) is 17.0. The Morgan fingerprint density at radius 3 is 2.66 bits per heavy atom. The van der Waals surface area contributed by atoms with Crippen molar-refractivity contribution in [2.75, 3.05) is 32.1 Å². The minimum Gasteiger partial charge on any atom is -0.497 e. The molecule has 0 saturated carbocycles. The molecule has 1 saturated heterocycles. The van der Waals surface area contributed by atoms with Crippen molar-refractivity contribution in [3.8, 4) is 5.75 Å². The molecule has 6 heteroatoms. The number of methoxy groups -OCH3 is 1. The topological polar surface area (TPSA) is 67.9 Å². The summed E-state index contributed by atoms with van der Waals surface area (Å²) in [5.41, 5.74) is 0.953. The third-order valence-electron chi connectivity index (χ3n) is 5.27. The summed E-state index contributed by atoms with van der Waals surface area (Å²) in [6, 6.07) is 16.8. The first-order valence-corrected chi connectivity index (χ1v) is 9.97. The lowest BCUT2D eigenvalue weighted by molar-refractivity contribution is -0.158. The zero-order valence-electron chi connectivity index (χ0n) is 17.0. The predicted molar refractivity (Wildman–Crippen MR) is 112 cm³/mol. The molecular weight excluding hydrogens is 368 g/mol. The van der Waals surface area contributed by atoms with E-state index in [9.17, 15) is 9.59 Å². The Balaban J connectivity index is 1.81. The van der Waals surface area contributed by atoms with Crippen LogP contribution in [0.5, 0.6) is 5.75 Å². The molecule has 3 rings (SSSR count). The van der Waals surface area contributed by atoms with Gasteiger partial charge in [0, 0.05) is 18.8 Å². The van der Waals surface area contributed by atoms with Gasteiger partial charge in [0.2, 0.25) is 0 Å². The lowest BCUT2D eigenvalue weighted by Crippen LogP contribution is -2.52. The first-order chi connectivity index (χ1) is 14.1. The summed E-state index contributed by atoms with van der Waals surface area (Å²) in [6.07, 6.45) is 1.92. The summed E-state index contributed by atoms with van der Waals surface area (Å²) in [6.45, 7) is 3.05. The Morgan fingerprint density at radius 2 is 1.93 bits per heavy atom. The van der Waals surface area contributed by atoms with E-state index in [1.165, 1.54) is 0 Å². The van der Waals surface area contributed by atoms with Crippen molar-refractivity contribution in [2.24, 2.45) is 5.41 Å². The molecule has 154 valence electrons. The number of esters is 1. The number of likely N-dealkylation sites (tertiary alicyclic amines) is 1. The van der Waals surface area contributed by atoms with Crippen LogP contribution in [0.15, 0.2) is 54.6 Å². The molecule has 1 heterocycles. The molecule has 0 aliphatic carbocycles. The number of hydrogen-bond donors (Lipinski definition) is 1. The number of amides is 2. The fourth-order valence-corrected chi connectivity index (χ4v) is 3.87. The number of carbonyl (C=O) groups is 2. The second kappa shape index (κ2) is 9.45. The molecule has 2 aromatic carbocycles. The number of ether oxygens (including phenoxy) is 2. The van der Waals surface area contributed by atoms with Crippen LogP contribution in [0.4, 0.5) is 10.5 Å². The van der Waals surface area contributed by atoms with E-state index < -0.39 is 5.41 Å². The Bertz CT molecular complexity index is 840. The summed E-state index contributed by atoms with van der Waals surface area (Å²) in [5, 5.41) is 2.92. The number of rotatable bonds is 6. The van der Waals surface area contributed by atoms with Gasteiger partial charge in [-0.2, -0.15) is 0 Å². The SMILES string of the molecule is CCOC(=O)[C@@]1(Cc2cccc(OC)c2)CCCN(C(=O)Nc2ccccc2)C1. The third-order valence-corrected chi connectivity index (χ3v) is 5.27. The largest absolute Gasteiger partial charge is 0.497 e. The predicted octanol–water partition coefficient (Wildman–Crippen LogP) is 4.12. The highest BCUT2D eigenvalue weighted by Crippen LogP contribution is 2.36. The number of hydrogen-bond acceptors (Lipinski definition) is 4. The fraction of sp³-hybridized carbons (Fsp3) is 0.391. The van der Waals surface area contributed by atoms with Crippen molar-refractivity contribution >= 4 is 17.7 Å². The smallest absolute Gasteiger partial charge is 0.321 e. The zero-order chi connectivity index (χ0) is 20.7. The summed E-state index contributed by atoms with van der Waals surface area (Å²) >= 11 is 0. The lowest BCUT2D eigenvalue weighted by atomic mass is 9.75. The number of anilines is 1. The summed E-state index contributed by atoms with van der Waals surface area (Å²) < 4.78 is 10.8. The highest BCUT2D eigenvalue weighted by molar-refractivity contribution is 5.90. The van der Waals surface area contributed by atoms with E-state index in [2.05, 4.69) is 5.32 Å². The van der Waals surface area contributed by atoms with Crippen LogP contribution in [-0.2, 0) is 16.0 Å². The summed E-state index contributed by atoms with van der Waals surface area (Å²) in [5.74, 6) is 0.496. The van der Waals surface area contributed by atoms with Gasteiger partial charge in [-0.3, -0.25) is 4.79 Å². The van der Waals surface area contributed by atoms with E-state index in [1.807, 2.05) is 54.6 Å². The van der Waals surface area contributed by atoms with Gasteiger partial charge in [0.25, 0.3) is 0 Å². The second-order valence-electron chi connectivity index (χ2n) is 7.35. The van der Waals surface area contributed by atoms with E-state index in [1.54, 1.807) is 18.9 Å². The Morgan fingerprint density at radius 1 is 1.14 bits per heavy atom. The van der Waals surface area contributed by atoms with Gasteiger partial charge in [-0.05, 0) is 56.0 Å².